The number of carbonyl (C=O) groups excluding carboxylic acids is 1. The number of nitrogens with zero attached hydrogens (tertiary/aromatic N) is 1. The van der Waals surface area contributed by atoms with Crippen molar-refractivity contribution in [1.82, 2.24) is 10.6 Å². The first-order valence-electron chi connectivity index (χ1n) is 11.4. The number of para-hydroxylation sites is 1. The number of ether oxygens (including phenoxy) is 2. The van der Waals surface area contributed by atoms with Crippen molar-refractivity contribution in [3.63, 3.8) is 0 Å². The third kappa shape index (κ3) is 5.33. The Kier molecular flexibility index (Phi) is 6.83. The standard InChI is InChI=1S/C25H32N4O3/c1-2-27-24(28-16-18-8-7-9-19(14-18)31-17-23(26)30)29-21-15-25(12-5-6-13-25)32-22-11-4-3-10-20(21)22/h3-4,7-11,14,21H,2,5-6,12-13,15-17H2,1H3,(H2,26,30)(H2,27,28,29). The third-order valence-corrected chi connectivity index (χ3v) is 6.07. The molecule has 1 amide bonds. The van der Waals surface area contributed by atoms with Crippen LogP contribution in [0.5, 0.6) is 11.5 Å². The van der Waals surface area contributed by atoms with Gasteiger partial charge in [0.15, 0.2) is 12.6 Å². The van der Waals surface area contributed by atoms with Crippen molar-refractivity contribution >= 4 is 11.9 Å². The number of amides is 1. The van der Waals surface area contributed by atoms with Crippen molar-refractivity contribution in [2.45, 2.75) is 57.2 Å². The van der Waals surface area contributed by atoms with Gasteiger partial charge in [0, 0.05) is 18.5 Å². The number of carbonyl (C=O) groups is 1. The highest BCUT2D eigenvalue weighted by Gasteiger charge is 2.43. The molecule has 0 radical (unpaired) electrons. The lowest BCUT2D eigenvalue weighted by Gasteiger charge is -2.40. The molecule has 170 valence electrons. The van der Waals surface area contributed by atoms with Gasteiger partial charge in [0.1, 0.15) is 17.1 Å². The van der Waals surface area contributed by atoms with Crippen molar-refractivity contribution in [2.75, 3.05) is 13.2 Å². The molecule has 1 aliphatic heterocycles. The van der Waals surface area contributed by atoms with Gasteiger partial charge in [0.2, 0.25) is 0 Å². The van der Waals surface area contributed by atoms with E-state index < -0.39 is 5.91 Å². The van der Waals surface area contributed by atoms with Crippen LogP contribution in [0.1, 0.15) is 56.2 Å². The Labute approximate surface area is 189 Å². The van der Waals surface area contributed by atoms with Gasteiger partial charge in [0.05, 0.1) is 12.6 Å². The van der Waals surface area contributed by atoms with Gasteiger partial charge in [-0.1, -0.05) is 30.3 Å². The molecule has 1 saturated carbocycles. The summed E-state index contributed by atoms with van der Waals surface area (Å²) in [6, 6.07) is 16.0. The Morgan fingerprint density at radius 1 is 1.22 bits per heavy atom. The van der Waals surface area contributed by atoms with Gasteiger partial charge in [-0.3, -0.25) is 4.79 Å². The van der Waals surface area contributed by atoms with E-state index in [0.29, 0.717) is 12.3 Å². The number of primary amides is 1. The molecule has 0 bridgehead atoms. The fourth-order valence-electron chi connectivity index (χ4n) is 4.62. The fourth-order valence-corrected chi connectivity index (χ4v) is 4.62. The molecule has 0 saturated heterocycles. The average molecular weight is 437 g/mol. The minimum atomic E-state index is -0.496. The Morgan fingerprint density at radius 3 is 2.81 bits per heavy atom. The number of benzene rings is 2. The molecule has 2 aromatic rings. The lowest BCUT2D eigenvalue weighted by molar-refractivity contribution is -0.119. The second-order valence-corrected chi connectivity index (χ2v) is 8.53. The van der Waals surface area contributed by atoms with E-state index in [2.05, 4.69) is 35.8 Å². The number of hydrogen-bond donors (Lipinski definition) is 3. The highest BCUT2D eigenvalue weighted by molar-refractivity contribution is 5.80. The summed E-state index contributed by atoms with van der Waals surface area (Å²) in [5.74, 6) is 1.86. The number of aliphatic imine (C=N–C) groups is 1. The van der Waals surface area contributed by atoms with Gasteiger partial charge in [0.25, 0.3) is 5.91 Å². The van der Waals surface area contributed by atoms with Gasteiger partial charge in [-0.15, -0.1) is 0 Å². The van der Waals surface area contributed by atoms with E-state index in [1.165, 1.54) is 18.4 Å². The van der Waals surface area contributed by atoms with E-state index in [4.69, 9.17) is 20.2 Å². The largest absolute Gasteiger partial charge is 0.487 e. The molecule has 1 spiro atoms. The van der Waals surface area contributed by atoms with E-state index in [1.807, 2.05) is 24.3 Å². The van der Waals surface area contributed by atoms with Crippen molar-refractivity contribution < 1.29 is 14.3 Å². The second-order valence-electron chi connectivity index (χ2n) is 8.53. The lowest BCUT2D eigenvalue weighted by atomic mass is 9.86. The van der Waals surface area contributed by atoms with Crippen LogP contribution in [-0.2, 0) is 11.3 Å². The molecule has 2 aliphatic rings. The smallest absolute Gasteiger partial charge is 0.255 e. The highest BCUT2D eigenvalue weighted by atomic mass is 16.5. The summed E-state index contributed by atoms with van der Waals surface area (Å²) >= 11 is 0. The molecule has 1 aliphatic carbocycles. The van der Waals surface area contributed by atoms with E-state index in [1.54, 1.807) is 6.07 Å². The summed E-state index contributed by atoms with van der Waals surface area (Å²) in [5, 5.41) is 7.03. The Morgan fingerprint density at radius 2 is 2.03 bits per heavy atom. The molecular formula is C25H32N4O3. The number of nitrogens with two attached hydrogens (primary N) is 1. The van der Waals surface area contributed by atoms with E-state index in [0.717, 1.165) is 43.1 Å². The van der Waals surface area contributed by atoms with Gasteiger partial charge < -0.3 is 25.8 Å². The summed E-state index contributed by atoms with van der Waals surface area (Å²) in [6.45, 7) is 3.18. The molecule has 1 heterocycles. The molecule has 1 fully saturated rings. The molecule has 4 rings (SSSR count). The summed E-state index contributed by atoms with van der Waals surface area (Å²) in [6.07, 6.45) is 5.58. The van der Waals surface area contributed by atoms with Gasteiger partial charge in [-0.25, -0.2) is 4.99 Å². The minimum absolute atomic E-state index is 0.0740. The molecule has 1 atom stereocenters. The summed E-state index contributed by atoms with van der Waals surface area (Å²) in [4.78, 5) is 15.8. The number of rotatable bonds is 7. The van der Waals surface area contributed by atoms with Crippen LogP contribution in [0.25, 0.3) is 0 Å². The van der Waals surface area contributed by atoms with Crippen LogP contribution in [-0.4, -0.2) is 30.6 Å². The first kappa shape index (κ1) is 22.0. The SMILES string of the molecule is CCNC(=NCc1cccc(OCC(N)=O)c1)NC1CC2(CCCC2)Oc2ccccc21. The van der Waals surface area contributed by atoms with Crippen LogP contribution in [0.4, 0.5) is 0 Å². The molecule has 1 unspecified atom stereocenters. The van der Waals surface area contributed by atoms with Gasteiger partial charge in [-0.05, 0) is 56.4 Å². The first-order chi connectivity index (χ1) is 15.6. The van der Waals surface area contributed by atoms with Crippen molar-refractivity contribution in [2.24, 2.45) is 10.7 Å². The topological polar surface area (TPSA) is 98.0 Å². The molecule has 2 aromatic carbocycles. The van der Waals surface area contributed by atoms with Gasteiger partial charge >= 0.3 is 0 Å². The average Bonchev–Trinajstić information content (AvgIpc) is 3.23. The fraction of sp³-hybridized carbons (Fsp3) is 0.440. The van der Waals surface area contributed by atoms with Crippen molar-refractivity contribution in [3.05, 3.63) is 59.7 Å². The quantitative estimate of drug-likeness (QED) is 0.456. The Hall–Kier alpha value is -3.22. The monoisotopic (exact) mass is 436 g/mol. The normalized spacial score (nSPS) is 19.2. The van der Waals surface area contributed by atoms with E-state index in [9.17, 15) is 4.79 Å². The van der Waals surface area contributed by atoms with Crippen molar-refractivity contribution in [1.29, 1.82) is 0 Å². The first-order valence-corrected chi connectivity index (χ1v) is 11.4. The van der Waals surface area contributed by atoms with Crippen LogP contribution in [0.2, 0.25) is 0 Å². The second kappa shape index (κ2) is 9.94. The molecule has 4 N–H and O–H groups in total. The zero-order valence-corrected chi connectivity index (χ0v) is 18.6. The van der Waals surface area contributed by atoms with Crippen LogP contribution in [0.15, 0.2) is 53.5 Å². The van der Waals surface area contributed by atoms with Crippen LogP contribution < -0.4 is 25.8 Å². The van der Waals surface area contributed by atoms with Crippen LogP contribution in [0, 0.1) is 0 Å². The summed E-state index contributed by atoms with van der Waals surface area (Å²) in [7, 11) is 0. The maximum Gasteiger partial charge on any atom is 0.255 e. The maximum absolute atomic E-state index is 11.0. The summed E-state index contributed by atoms with van der Waals surface area (Å²) in [5.41, 5.74) is 7.26. The Balaban J connectivity index is 1.50. The Bertz CT molecular complexity index is 969. The third-order valence-electron chi connectivity index (χ3n) is 6.07. The zero-order valence-electron chi connectivity index (χ0n) is 18.6. The minimum Gasteiger partial charge on any atom is -0.487 e. The molecule has 7 nitrogen and oxygen atoms in total. The van der Waals surface area contributed by atoms with Crippen LogP contribution in [0.3, 0.4) is 0 Å². The predicted octanol–water partition coefficient (Wildman–Crippen LogP) is 3.44. The molecular weight excluding hydrogens is 404 g/mol. The van der Waals surface area contributed by atoms with E-state index >= 15 is 0 Å². The van der Waals surface area contributed by atoms with Crippen molar-refractivity contribution in [3.8, 4) is 11.5 Å². The maximum atomic E-state index is 11.0. The molecule has 0 aromatic heterocycles. The number of fused-ring (bicyclic) bond motifs is 1. The van der Waals surface area contributed by atoms with E-state index in [-0.39, 0.29) is 18.2 Å². The molecule has 32 heavy (non-hydrogen) atoms. The lowest BCUT2D eigenvalue weighted by Crippen LogP contribution is -2.46. The number of nitrogens with one attached hydrogen (secondary N) is 2. The highest BCUT2D eigenvalue weighted by Crippen LogP contribution is 2.46. The number of hydrogen-bond acceptors (Lipinski definition) is 4. The zero-order chi connectivity index (χ0) is 22.4. The summed E-state index contributed by atoms with van der Waals surface area (Å²) < 4.78 is 11.9. The van der Waals surface area contributed by atoms with Crippen LogP contribution >= 0.6 is 0 Å². The molecule has 7 heteroatoms. The predicted molar refractivity (Wildman–Crippen MR) is 125 cm³/mol. The van der Waals surface area contributed by atoms with Gasteiger partial charge in [-0.2, -0.15) is 0 Å². The number of guanidine groups is 1.